The maximum atomic E-state index is 6.51. The van der Waals surface area contributed by atoms with Gasteiger partial charge in [-0.25, -0.2) is 0 Å². The Labute approximate surface area is 428 Å². The van der Waals surface area contributed by atoms with Gasteiger partial charge >= 0.3 is 0 Å². The summed E-state index contributed by atoms with van der Waals surface area (Å²) in [5, 5.41) is 4.60. The number of hydrogen-bond donors (Lipinski definition) is 0. The summed E-state index contributed by atoms with van der Waals surface area (Å²) in [4.78, 5) is 2.54. The molecule has 0 spiro atoms. The monoisotopic (exact) mass is 937 g/mol. The van der Waals surface area contributed by atoms with E-state index in [1.54, 1.807) is 0 Å². The number of benzene rings is 11. The minimum atomic E-state index is -0.136. The molecular formula is C71H55NO. The Bertz CT molecular complexity index is 4070. The van der Waals surface area contributed by atoms with Crippen molar-refractivity contribution in [2.24, 2.45) is 0 Å². The standard InChI is InChI=1S/C71H55NO/c1-70(2,3)52-38-34-47(35-39-52)46-30-32-48(33-31-46)51-37-42-64(60(44-51)49-18-7-6-8-19-49)72(53-40-41-63-61(45-53)56-23-13-15-27-62(56)71(63,4)5)65-43-36-50-20-9-10-21-54(50)68(65)57-24-12-11-22-55(57)58-26-17-29-67-69(58)59-25-14-16-28-66(59)73-67/h6-45H,1-5H3. The predicted molar refractivity (Wildman–Crippen MR) is 309 cm³/mol. The smallest absolute Gasteiger partial charge is 0.136 e. The zero-order valence-corrected chi connectivity index (χ0v) is 41.9. The lowest BCUT2D eigenvalue weighted by Gasteiger charge is -2.32. The summed E-state index contributed by atoms with van der Waals surface area (Å²) in [6, 6.07) is 89.6. The van der Waals surface area contributed by atoms with Crippen LogP contribution in [0.4, 0.5) is 17.1 Å². The van der Waals surface area contributed by atoms with Crippen molar-refractivity contribution >= 4 is 49.8 Å². The molecule has 1 heterocycles. The highest BCUT2D eigenvalue weighted by atomic mass is 16.3. The molecule has 0 fully saturated rings. The van der Waals surface area contributed by atoms with E-state index in [-0.39, 0.29) is 10.8 Å². The molecule has 0 unspecified atom stereocenters. The van der Waals surface area contributed by atoms with E-state index >= 15 is 0 Å². The number of para-hydroxylation sites is 1. The van der Waals surface area contributed by atoms with Gasteiger partial charge in [0.05, 0.1) is 11.4 Å². The summed E-state index contributed by atoms with van der Waals surface area (Å²) in [6.07, 6.45) is 0. The summed E-state index contributed by atoms with van der Waals surface area (Å²) in [5.41, 5.74) is 23.3. The third-order valence-corrected chi connectivity index (χ3v) is 15.5. The van der Waals surface area contributed by atoms with E-state index in [1.807, 2.05) is 6.07 Å². The minimum absolute atomic E-state index is 0.107. The molecule has 1 aromatic heterocycles. The van der Waals surface area contributed by atoms with E-state index in [4.69, 9.17) is 4.42 Å². The topological polar surface area (TPSA) is 16.4 Å². The number of nitrogens with zero attached hydrogens (tertiary/aromatic N) is 1. The van der Waals surface area contributed by atoms with Crippen molar-refractivity contribution in [1.82, 2.24) is 0 Å². The SMILES string of the molecule is CC(C)(C)c1ccc(-c2ccc(-c3ccc(N(c4ccc5c(c4)-c4ccccc4C5(C)C)c4ccc5ccccc5c4-c4ccccc4-c4cccc5oc6ccccc6c45)c(-c4ccccc4)c3)cc2)cc1. The zero-order valence-electron chi connectivity index (χ0n) is 41.9. The molecule has 13 rings (SSSR count). The average Bonchev–Trinajstić information content (AvgIpc) is 3.93. The second-order valence-electron chi connectivity index (χ2n) is 21.2. The third-order valence-electron chi connectivity index (χ3n) is 15.5. The van der Waals surface area contributed by atoms with Crippen molar-refractivity contribution in [2.45, 2.75) is 45.4 Å². The molecule has 1 aliphatic rings. The first-order valence-electron chi connectivity index (χ1n) is 25.6. The first-order valence-corrected chi connectivity index (χ1v) is 25.6. The van der Waals surface area contributed by atoms with E-state index in [0.29, 0.717) is 0 Å². The Balaban J connectivity index is 1.06. The highest BCUT2D eigenvalue weighted by Gasteiger charge is 2.36. The van der Waals surface area contributed by atoms with Gasteiger partial charge in [0.1, 0.15) is 11.2 Å². The molecule has 0 atom stereocenters. The van der Waals surface area contributed by atoms with Gasteiger partial charge < -0.3 is 9.32 Å². The molecular weight excluding hydrogens is 883 g/mol. The number of fused-ring (bicyclic) bond motifs is 7. The van der Waals surface area contributed by atoms with E-state index < -0.39 is 0 Å². The lowest BCUT2D eigenvalue weighted by atomic mass is 9.82. The Morgan fingerprint density at radius 1 is 0.370 bits per heavy atom. The summed E-state index contributed by atoms with van der Waals surface area (Å²) < 4.78 is 6.51. The molecule has 0 amide bonds. The molecule has 0 saturated carbocycles. The molecule has 0 radical (unpaired) electrons. The van der Waals surface area contributed by atoms with E-state index in [9.17, 15) is 0 Å². The van der Waals surface area contributed by atoms with Crippen molar-refractivity contribution in [1.29, 1.82) is 0 Å². The van der Waals surface area contributed by atoms with Crippen LogP contribution in [0, 0.1) is 0 Å². The van der Waals surface area contributed by atoms with Gasteiger partial charge in [-0.1, -0.05) is 235 Å². The van der Waals surface area contributed by atoms with Crippen LogP contribution in [0.25, 0.3) is 99.5 Å². The molecule has 0 N–H and O–H groups in total. The fraction of sp³-hybridized carbons (Fsp3) is 0.0986. The second kappa shape index (κ2) is 17.3. The maximum Gasteiger partial charge on any atom is 0.136 e. The Morgan fingerprint density at radius 3 is 1.71 bits per heavy atom. The molecule has 2 heteroatoms. The van der Waals surface area contributed by atoms with Gasteiger partial charge in [-0.15, -0.1) is 0 Å². The van der Waals surface area contributed by atoms with Crippen LogP contribution in [0.2, 0.25) is 0 Å². The molecule has 1 aliphatic carbocycles. The minimum Gasteiger partial charge on any atom is -0.456 e. The van der Waals surface area contributed by atoms with Crippen molar-refractivity contribution in [3.63, 3.8) is 0 Å². The predicted octanol–water partition coefficient (Wildman–Crippen LogP) is 20.1. The van der Waals surface area contributed by atoms with Gasteiger partial charge in [-0.05, 0) is 131 Å². The quantitative estimate of drug-likeness (QED) is 0.151. The highest BCUT2D eigenvalue weighted by molar-refractivity contribution is 6.16. The van der Waals surface area contributed by atoms with Gasteiger partial charge in [0.25, 0.3) is 0 Å². The van der Waals surface area contributed by atoms with Crippen molar-refractivity contribution in [3.05, 3.63) is 259 Å². The van der Waals surface area contributed by atoms with Gasteiger partial charge in [0.2, 0.25) is 0 Å². The van der Waals surface area contributed by atoms with Crippen LogP contribution in [-0.4, -0.2) is 0 Å². The molecule has 2 nitrogen and oxygen atoms in total. The van der Waals surface area contributed by atoms with E-state index in [0.717, 1.165) is 77.9 Å². The lowest BCUT2D eigenvalue weighted by Crippen LogP contribution is -2.16. The fourth-order valence-corrected chi connectivity index (χ4v) is 11.7. The summed E-state index contributed by atoms with van der Waals surface area (Å²) in [6.45, 7) is 11.5. The number of rotatable bonds is 8. The average molecular weight is 938 g/mol. The third kappa shape index (κ3) is 7.48. The molecule has 0 saturated heterocycles. The van der Waals surface area contributed by atoms with Crippen molar-refractivity contribution in [3.8, 4) is 66.8 Å². The number of anilines is 3. The Hall–Kier alpha value is -8.72. The van der Waals surface area contributed by atoms with Gasteiger partial charge in [-0.3, -0.25) is 0 Å². The Kier molecular flexibility index (Phi) is 10.5. The number of furan rings is 1. The van der Waals surface area contributed by atoms with Crippen LogP contribution in [0.1, 0.15) is 51.3 Å². The highest BCUT2D eigenvalue weighted by Crippen LogP contribution is 2.54. The van der Waals surface area contributed by atoms with E-state index in [2.05, 4.69) is 276 Å². The maximum absolute atomic E-state index is 6.51. The summed E-state index contributed by atoms with van der Waals surface area (Å²) in [5.74, 6) is 0. The molecule has 73 heavy (non-hydrogen) atoms. The van der Waals surface area contributed by atoms with Gasteiger partial charge in [0, 0.05) is 33.0 Å². The van der Waals surface area contributed by atoms with Crippen LogP contribution < -0.4 is 4.90 Å². The van der Waals surface area contributed by atoms with Crippen molar-refractivity contribution in [2.75, 3.05) is 4.90 Å². The normalized spacial score (nSPS) is 12.8. The van der Waals surface area contributed by atoms with Crippen LogP contribution >= 0.6 is 0 Å². The molecule has 0 bridgehead atoms. The fourth-order valence-electron chi connectivity index (χ4n) is 11.7. The molecule has 350 valence electrons. The second-order valence-corrected chi connectivity index (χ2v) is 21.2. The number of hydrogen-bond acceptors (Lipinski definition) is 2. The Morgan fingerprint density at radius 2 is 0.945 bits per heavy atom. The van der Waals surface area contributed by atoms with Crippen LogP contribution in [0.5, 0.6) is 0 Å². The lowest BCUT2D eigenvalue weighted by molar-refractivity contribution is 0.590. The largest absolute Gasteiger partial charge is 0.456 e. The zero-order chi connectivity index (χ0) is 49.4. The van der Waals surface area contributed by atoms with Crippen molar-refractivity contribution < 1.29 is 4.42 Å². The molecule has 11 aromatic carbocycles. The van der Waals surface area contributed by atoms with Crippen LogP contribution in [0.3, 0.4) is 0 Å². The first-order chi connectivity index (χ1) is 35.6. The van der Waals surface area contributed by atoms with Gasteiger partial charge in [-0.2, -0.15) is 0 Å². The summed E-state index contributed by atoms with van der Waals surface area (Å²) in [7, 11) is 0. The molecule has 12 aromatic rings. The first kappa shape index (κ1) is 44.2. The summed E-state index contributed by atoms with van der Waals surface area (Å²) >= 11 is 0. The van der Waals surface area contributed by atoms with Gasteiger partial charge in [0.15, 0.2) is 0 Å². The van der Waals surface area contributed by atoms with Crippen LogP contribution in [-0.2, 0) is 10.8 Å². The van der Waals surface area contributed by atoms with Crippen LogP contribution in [0.15, 0.2) is 247 Å². The molecule has 0 aliphatic heterocycles. The van der Waals surface area contributed by atoms with E-state index in [1.165, 1.54) is 55.3 Å².